The van der Waals surface area contributed by atoms with Gasteiger partial charge in [0.1, 0.15) is 0 Å². The standard InChI is InChI=1S/C8H8O3.C3H8O/c9-7(8(10)11)6-4-2-1-3-5-6;1-3(2)4/h1-5,7,9H,(H,10,11);3-4H,1-2H3. The number of carboxylic acids is 1. The van der Waals surface area contributed by atoms with Crippen LogP contribution in [0.5, 0.6) is 0 Å². The fourth-order valence-corrected chi connectivity index (χ4v) is 0.778. The Morgan fingerprint density at radius 2 is 1.53 bits per heavy atom. The van der Waals surface area contributed by atoms with Gasteiger partial charge >= 0.3 is 5.97 Å². The summed E-state index contributed by atoms with van der Waals surface area (Å²) in [6, 6.07) is 8.26. The first kappa shape index (κ1) is 13.6. The van der Waals surface area contributed by atoms with E-state index in [1.54, 1.807) is 44.2 Å². The van der Waals surface area contributed by atoms with Crippen LogP contribution in [0.3, 0.4) is 0 Å². The van der Waals surface area contributed by atoms with Crippen LogP contribution in [-0.2, 0) is 4.79 Å². The second-order valence-electron chi connectivity index (χ2n) is 3.25. The molecule has 0 aliphatic carbocycles. The Labute approximate surface area is 88.8 Å². The number of aliphatic carboxylic acids is 1. The van der Waals surface area contributed by atoms with E-state index in [2.05, 4.69) is 0 Å². The molecule has 84 valence electrons. The molecule has 0 heterocycles. The zero-order valence-corrected chi connectivity index (χ0v) is 8.79. The summed E-state index contributed by atoms with van der Waals surface area (Å²) in [5.74, 6) is -1.23. The highest BCUT2D eigenvalue weighted by Crippen LogP contribution is 2.10. The number of aliphatic hydroxyl groups is 2. The third-order valence-corrected chi connectivity index (χ3v) is 1.35. The SMILES string of the molecule is CC(C)O.O=C(O)C(O)c1ccccc1. The van der Waals surface area contributed by atoms with E-state index >= 15 is 0 Å². The van der Waals surface area contributed by atoms with Gasteiger partial charge < -0.3 is 15.3 Å². The van der Waals surface area contributed by atoms with E-state index in [4.69, 9.17) is 15.3 Å². The van der Waals surface area contributed by atoms with Crippen LogP contribution in [-0.4, -0.2) is 27.4 Å². The predicted octanol–water partition coefficient (Wildman–Crippen LogP) is 1.19. The first-order chi connectivity index (χ1) is 6.95. The van der Waals surface area contributed by atoms with E-state index in [9.17, 15) is 4.79 Å². The maximum Gasteiger partial charge on any atom is 0.337 e. The van der Waals surface area contributed by atoms with Crippen LogP contribution in [0, 0.1) is 0 Å². The molecule has 0 aromatic heterocycles. The van der Waals surface area contributed by atoms with Crippen molar-refractivity contribution < 1.29 is 20.1 Å². The van der Waals surface area contributed by atoms with Crippen molar-refractivity contribution in [2.24, 2.45) is 0 Å². The zero-order chi connectivity index (χ0) is 11.8. The zero-order valence-electron chi connectivity index (χ0n) is 8.79. The minimum Gasteiger partial charge on any atom is -0.479 e. The average molecular weight is 212 g/mol. The molecule has 0 fully saturated rings. The lowest BCUT2D eigenvalue weighted by molar-refractivity contribution is -0.146. The molecule has 3 N–H and O–H groups in total. The van der Waals surface area contributed by atoms with Crippen LogP contribution in [0.2, 0.25) is 0 Å². The molecular weight excluding hydrogens is 196 g/mol. The number of carboxylic acid groups (broad SMARTS) is 1. The molecule has 15 heavy (non-hydrogen) atoms. The Kier molecular flexibility index (Phi) is 6.33. The highest BCUT2D eigenvalue weighted by molar-refractivity contribution is 5.73. The van der Waals surface area contributed by atoms with Crippen LogP contribution in [0.25, 0.3) is 0 Å². The van der Waals surface area contributed by atoms with Crippen molar-refractivity contribution in [2.75, 3.05) is 0 Å². The molecule has 0 saturated heterocycles. The summed E-state index contributed by atoms with van der Waals surface area (Å²) in [6.45, 7) is 3.44. The summed E-state index contributed by atoms with van der Waals surface area (Å²) >= 11 is 0. The molecular formula is C11H16O4. The van der Waals surface area contributed by atoms with Gasteiger partial charge in [0, 0.05) is 6.10 Å². The van der Waals surface area contributed by atoms with Crippen LogP contribution in [0.1, 0.15) is 25.5 Å². The second-order valence-corrected chi connectivity index (χ2v) is 3.25. The Hall–Kier alpha value is -1.39. The van der Waals surface area contributed by atoms with Crippen LogP contribution < -0.4 is 0 Å². The van der Waals surface area contributed by atoms with Gasteiger partial charge in [0.25, 0.3) is 0 Å². The lowest BCUT2D eigenvalue weighted by Crippen LogP contribution is -2.09. The first-order valence-corrected chi connectivity index (χ1v) is 4.59. The lowest BCUT2D eigenvalue weighted by atomic mass is 10.1. The van der Waals surface area contributed by atoms with Gasteiger partial charge in [-0.2, -0.15) is 0 Å². The van der Waals surface area contributed by atoms with Gasteiger partial charge in [0.05, 0.1) is 0 Å². The summed E-state index contributed by atoms with van der Waals surface area (Å²) in [5, 5.41) is 25.4. The Morgan fingerprint density at radius 1 is 1.13 bits per heavy atom. The van der Waals surface area contributed by atoms with Crippen LogP contribution in [0.4, 0.5) is 0 Å². The molecule has 1 rings (SSSR count). The van der Waals surface area contributed by atoms with E-state index in [0.29, 0.717) is 5.56 Å². The summed E-state index contributed by atoms with van der Waals surface area (Å²) < 4.78 is 0. The maximum absolute atomic E-state index is 10.2. The lowest BCUT2D eigenvalue weighted by Gasteiger charge is -2.03. The maximum atomic E-state index is 10.2. The molecule has 4 heteroatoms. The number of carbonyl (C=O) groups is 1. The van der Waals surface area contributed by atoms with Gasteiger partial charge in [-0.3, -0.25) is 0 Å². The summed E-state index contributed by atoms with van der Waals surface area (Å²) in [5.41, 5.74) is 0.403. The molecule has 0 amide bonds. The highest BCUT2D eigenvalue weighted by Gasteiger charge is 2.14. The summed E-state index contributed by atoms with van der Waals surface area (Å²) in [4.78, 5) is 10.2. The summed E-state index contributed by atoms with van der Waals surface area (Å²) in [6.07, 6.45) is -1.57. The largest absolute Gasteiger partial charge is 0.479 e. The fourth-order valence-electron chi connectivity index (χ4n) is 0.778. The van der Waals surface area contributed by atoms with E-state index in [0.717, 1.165) is 0 Å². The Bertz CT molecular complexity index is 279. The molecule has 1 aromatic rings. The number of rotatable bonds is 2. The minimum atomic E-state index is -1.41. The Morgan fingerprint density at radius 3 is 1.87 bits per heavy atom. The molecule has 4 nitrogen and oxygen atoms in total. The predicted molar refractivity (Wildman–Crippen MR) is 56.4 cm³/mol. The number of hydrogen-bond donors (Lipinski definition) is 3. The smallest absolute Gasteiger partial charge is 0.337 e. The molecule has 0 aliphatic heterocycles. The van der Waals surface area contributed by atoms with Gasteiger partial charge in [0.2, 0.25) is 0 Å². The molecule has 0 saturated carbocycles. The fraction of sp³-hybridized carbons (Fsp3) is 0.364. The third kappa shape index (κ3) is 6.65. The van der Waals surface area contributed by atoms with E-state index < -0.39 is 12.1 Å². The first-order valence-electron chi connectivity index (χ1n) is 4.59. The molecule has 1 unspecified atom stereocenters. The highest BCUT2D eigenvalue weighted by atomic mass is 16.4. The van der Waals surface area contributed by atoms with Gasteiger partial charge in [-0.05, 0) is 19.4 Å². The molecule has 0 aliphatic rings. The Balaban J connectivity index is 0.000000423. The van der Waals surface area contributed by atoms with Crippen molar-refractivity contribution in [3.63, 3.8) is 0 Å². The van der Waals surface area contributed by atoms with Gasteiger partial charge in [-0.25, -0.2) is 4.79 Å². The van der Waals surface area contributed by atoms with Crippen molar-refractivity contribution in [1.82, 2.24) is 0 Å². The van der Waals surface area contributed by atoms with Gasteiger partial charge in [-0.1, -0.05) is 30.3 Å². The van der Waals surface area contributed by atoms with E-state index in [1.165, 1.54) is 0 Å². The van der Waals surface area contributed by atoms with Crippen molar-refractivity contribution >= 4 is 5.97 Å². The van der Waals surface area contributed by atoms with Crippen LogP contribution in [0.15, 0.2) is 30.3 Å². The third-order valence-electron chi connectivity index (χ3n) is 1.35. The van der Waals surface area contributed by atoms with E-state index in [1.807, 2.05) is 0 Å². The molecule has 1 atom stereocenters. The molecule has 0 radical (unpaired) electrons. The summed E-state index contributed by atoms with van der Waals surface area (Å²) in [7, 11) is 0. The van der Waals surface area contributed by atoms with E-state index in [-0.39, 0.29) is 6.10 Å². The van der Waals surface area contributed by atoms with Gasteiger partial charge in [-0.15, -0.1) is 0 Å². The average Bonchev–Trinajstić information content (AvgIpc) is 2.17. The quantitative estimate of drug-likeness (QED) is 0.688. The normalized spacial score (nSPS) is 11.5. The number of hydrogen-bond acceptors (Lipinski definition) is 3. The molecule has 0 spiro atoms. The minimum absolute atomic E-state index is 0.167. The number of aliphatic hydroxyl groups excluding tert-OH is 2. The number of benzene rings is 1. The molecule has 0 bridgehead atoms. The monoisotopic (exact) mass is 212 g/mol. The molecule has 1 aromatic carbocycles. The second kappa shape index (κ2) is 6.98. The van der Waals surface area contributed by atoms with Crippen molar-refractivity contribution in [3.05, 3.63) is 35.9 Å². The van der Waals surface area contributed by atoms with Crippen LogP contribution >= 0.6 is 0 Å². The van der Waals surface area contributed by atoms with Crippen molar-refractivity contribution in [1.29, 1.82) is 0 Å². The van der Waals surface area contributed by atoms with Crippen molar-refractivity contribution in [2.45, 2.75) is 26.1 Å². The van der Waals surface area contributed by atoms with Gasteiger partial charge in [0.15, 0.2) is 6.10 Å². The van der Waals surface area contributed by atoms with Crippen molar-refractivity contribution in [3.8, 4) is 0 Å². The topological polar surface area (TPSA) is 77.8 Å².